The Kier molecular flexibility index (Phi) is 15.1. The first-order valence-corrected chi connectivity index (χ1v) is 13.2. The summed E-state index contributed by atoms with van der Waals surface area (Å²) in [5.41, 5.74) is 6.08. The van der Waals surface area contributed by atoms with E-state index in [0.717, 1.165) is 22.5 Å². The highest BCUT2D eigenvalue weighted by Crippen LogP contribution is 2.28. The highest BCUT2D eigenvalue weighted by Gasteiger charge is 2.27. The van der Waals surface area contributed by atoms with Crippen molar-refractivity contribution in [3.05, 3.63) is 83.6 Å². The van der Waals surface area contributed by atoms with Crippen LogP contribution in [-0.2, 0) is 22.7 Å². The number of hydrogen-bond acceptors (Lipinski definition) is 6. The summed E-state index contributed by atoms with van der Waals surface area (Å²) in [6, 6.07) is 20.5. The number of amides is 2. The standard InChI is InChI=1S/C30H38N6O2.3ClH/c1-22(2)31-15-16-33-29(37)20-35(28-17-24(13-12-23(28)3)27-11-7-8-14-32-27)21-30(38)34(4)36-18-25-9-5-6-10-26(25)19-36;;;/h5-14,17,22,31H,15-16,18-21H2,1-4H3,(H,33,37);3*1H. The zero-order valence-electron chi connectivity index (χ0n) is 24.0. The Balaban J connectivity index is 0.00000280. The third-order valence-electron chi connectivity index (χ3n) is 6.78. The van der Waals surface area contributed by atoms with Crippen molar-refractivity contribution in [1.29, 1.82) is 0 Å². The molecule has 224 valence electrons. The van der Waals surface area contributed by atoms with Crippen LogP contribution in [0.3, 0.4) is 0 Å². The van der Waals surface area contributed by atoms with Crippen LogP contribution in [0.4, 0.5) is 5.69 Å². The van der Waals surface area contributed by atoms with Crippen LogP contribution < -0.4 is 15.5 Å². The summed E-state index contributed by atoms with van der Waals surface area (Å²) in [6.45, 7) is 8.89. The van der Waals surface area contributed by atoms with Gasteiger partial charge >= 0.3 is 0 Å². The van der Waals surface area contributed by atoms with Crippen LogP contribution in [0.2, 0.25) is 0 Å². The van der Waals surface area contributed by atoms with Gasteiger partial charge in [0.05, 0.1) is 18.8 Å². The number of likely N-dealkylation sites (N-methyl/N-ethyl adjacent to an activating group) is 1. The van der Waals surface area contributed by atoms with Crippen molar-refractivity contribution in [1.82, 2.24) is 25.6 Å². The number of rotatable bonds is 11. The largest absolute Gasteiger partial charge is 0.353 e. The third-order valence-corrected chi connectivity index (χ3v) is 6.78. The Bertz CT molecular complexity index is 1240. The molecule has 2 heterocycles. The van der Waals surface area contributed by atoms with E-state index >= 15 is 0 Å². The molecule has 0 saturated heterocycles. The molecule has 1 aliphatic rings. The van der Waals surface area contributed by atoms with E-state index in [2.05, 4.69) is 41.6 Å². The van der Waals surface area contributed by atoms with Gasteiger partial charge in [-0.2, -0.15) is 0 Å². The monoisotopic (exact) mass is 622 g/mol. The lowest BCUT2D eigenvalue weighted by Gasteiger charge is -2.32. The maximum Gasteiger partial charge on any atom is 0.256 e. The van der Waals surface area contributed by atoms with Crippen molar-refractivity contribution >= 4 is 54.7 Å². The van der Waals surface area contributed by atoms with Gasteiger partial charge in [0.25, 0.3) is 5.91 Å². The van der Waals surface area contributed by atoms with Gasteiger partial charge in [-0.25, -0.2) is 5.01 Å². The van der Waals surface area contributed by atoms with Crippen molar-refractivity contribution in [2.24, 2.45) is 0 Å². The highest BCUT2D eigenvalue weighted by molar-refractivity contribution is 5.87. The molecule has 0 fully saturated rings. The van der Waals surface area contributed by atoms with Gasteiger partial charge < -0.3 is 15.5 Å². The maximum atomic E-state index is 13.5. The second-order valence-electron chi connectivity index (χ2n) is 10.0. The van der Waals surface area contributed by atoms with Crippen molar-refractivity contribution in [2.75, 3.05) is 38.1 Å². The molecule has 41 heavy (non-hydrogen) atoms. The van der Waals surface area contributed by atoms with Gasteiger partial charge in [0, 0.05) is 56.7 Å². The van der Waals surface area contributed by atoms with E-state index in [4.69, 9.17) is 0 Å². The minimum atomic E-state index is -0.123. The average Bonchev–Trinajstić information content (AvgIpc) is 3.35. The third kappa shape index (κ3) is 9.87. The molecule has 0 aliphatic carbocycles. The van der Waals surface area contributed by atoms with E-state index in [0.29, 0.717) is 32.2 Å². The summed E-state index contributed by atoms with van der Waals surface area (Å²) in [4.78, 5) is 32.9. The maximum absolute atomic E-state index is 13.5. The van der Waals surface area contributed by atoms with Crippen LogP contribution in [0.25, 0.3) is 11.3 Å². The van der Waals surface area contributed by atoms with Crippen LogP contribution >= 0.6 is 37.2 Å². The number of nitrogens with one attached hydrogen (secondary N) is 2. The fraction of sp³-hybridized carbons (Fsp3) is 0.367. The fourth-order valence-electron chi connectivity index (χ4n) is 4.61. The Labute approximate surface area is 262 Å². The van der Waals surface area contributed by atoms with Gasteiger partial charge in [-0.3, -0.25) is 19.6 Å². The topological polar surface area (TPSA) is 80.8 Å². The number of pyridine rings is 1. The van der Waals surface area contributed by atoms with Gasteiger partial charge in [-0.1, -0.05) is 56.3 Å². The number of aromatic nitrogens is 1. The normalized spacial score (nSPS) is 11.9. The van der Waals surface area contributed by atoms with Crippen LogP contribution in [0.15, 0.2) is 66.9 Å². The van der Waals surface area contributed by atoms with Crippen molar-refractivity contribution < 1.29 is 9.59 Å². The molecule has 0 radical (unpaired) electrons. The molecule has 0 atom stereocenters. The lowest BCUT2D eigenvalue weighted by molar-refractivity contribution is -0.145. The number of hydrazine groups is 1. The summed E-state index contributed by atoms with van der Waals surface area (Å²) < 4.78 is 0. The molecule has 0 saturated carbocycles. The number of aryl methyl sites for hydroxylation is 1. The summed E-state index contributed by atoms with van der Waals surface area (Å²) >= 11 is 0. The highest BCUT2D eigenvalue weighted by atomic mass is 35.5. The number of anilines is 1. The molecule has 0 spiro atoms. The summed E-state index contributed by atoms with van der Waals surface area (Å²) in [7, 11) is 1.81. The molecular formula is C30H41Cl3N6O2. The number of benzene rings is 2. The molecule has 2 aromatic carbocycles. The van der Waals surface area contributed by atoms with Crippen LogP contribution in [-0.4, -0.2) is 66.1 Å². The van der Waals surface area contributed by atoms with Crippen LogP contribution in [0, 0.1) is 6.92 Å². The molecular weight excluding hydrogens is 583 g/mol. The fourth-order valence-corrected chi connectivity index (χ4v) is 4.61. The van der Waals surface area contributed by atoms with E-state index < -0.39 is 0 Å². The second-order valence-corrected chi connectivity index (χ2v) is 10.0. The van der Waals surface area contributed by atoms with Gasteiger partial charge in [0.2, 0.25) is 5.91 Å². The van der Waals surface area contributed by atoms with E-state index in [9.17, 15) is 9.59 Å². The van der Waals surface area contributed by atoms with Gasteiger partial charge in [0.15, 0.2) is 0 Å². The second kappa shape index (κ2) is 17.2. The number of carbonyl (C=O) groups is 2. The minimum absolute atomic E-state index is 0. The molecule has 0 unspecified atom stereocenters. The zero-order chi connectivity index (χ0) is 27.1. The first kappa shape index (κ1) is 36.1. The molecule has 11 heteroatoms. The molecule has 1 aromatic heterocycles. The van der Waals surface area contributed by atoms with E-state index in [-0.39, 0.29) is 62.1 Å². The molecule has 0 bridgehead atoms. The SMILES string of the molecule is Cc1ccc(-c2ccccn2)cc1N(CC(=O)NCCNC(C)C)CC(=O)N(C)N1Cc2ccccc2C1.Cl.Cl.Cl. The van der Waals surface area contributed by atoms with Crippen LogP contribution in [0.5, 0.6) is 0 Å². The average molecular weight is 624 g/mol. The van der Waals surface area contributed by atoms with Crippen molar-refractivity contribution in [3.8, 4) is 11.3 Å². The van der Waals surface area contributed by atoms with Gasteiger partial charge in [-0.05, 0) is 41.8 Å². The number of nitrogens with zero attached hydrogens (tertiary/aromatic N) is 4. The number of hydrogen-bond donors (Lipinski definition) is 2. The van der Waals surface area contributed by atoms with Crippen molar-refractivity contribution in [2.45, 2.75) is 39.9 Å². The van der Waals surface area contributed by atoms with Crippen molar-refractivity contribution in [3.63, 3.8) is 0 Å². The Morgan fingerprint density at radius 1 is 0.927 bits per heavy atom. The van der Waals surface area contributed by atoms with Gasteiger partial charge in [-0.15, -0.1) is 37.2 Å². The Morgan fingerprint density at radius 2 is 1.59 bits per heavy atom. The first-order chi connectivity index (χ1) is 18.3. The smallest absolute Gasteiger partial charge is 0.256 e. The lowest BCUT2D eigenvalue weighted by atomic mass is 10.1. The Hall–Kier alpha value is -2.88. The minimum Gasteiger partial charge on any atom is -0.353 e. The summed E-state index contributed by atoms with van der Waals surface area (Å²) in [5.74, 6) is -0.197. The molecule has 3 aromatic rings. The van der Waals surface area contributed by atoms with E-state index in [1.807, 2.05) is 65.4 Å². The van der Waals surface area contributed by atoms with E-state index in [1.165, 1.54) is 11.1 Å². The Morgan fingerprint density at radius 3 is 2.20 bits per heavy atom. The first-order valence-electron chi connectivity index (χ1n) is 13.2. The summed E-state index contributed by atoms with van der Waals surface area (Å²) in [6.07, 6.45) is 1.76. The number of carbonyl (C=O) groups excluding carboxylic acids is 2. The van der Waals surface area contributed by atoms with Gasteiger partial charge in [0.1, 0.15) is 0 Å². The number of fused-ring (bicyclic) bond motifs is 1. The quantitative estimate of drug-likeness (QED) is 0.303. The predicted octanol–water partition coefficient (Wildman–Crippen LogP) is 4.63. The molecule has 1 aliphatic heterocycles. The molecule has 2 N–H and O–H groups in total. The molecule has 2 amide bonds. The van der Waals surface area contributed by atoms with Crippen LogP contribution in [0.1, 0.15) is 30.5 Å². The summed E-state index contributed by atoms with van der Waals surface area (Å²) in [5, 5.41) is 10.0. The molecule has 8 nitrogen and oxygen atoms in total. The lowest BCUT2D eigenvalue weighted by Crippen LogP contribution is -2.48. The predicted molar refractivity (Wildman–Crippen MR) is 173 cm³/mol. The van der Waals surface area contributed by atoms with E-state index in [1.54, 1.807) is 18.3 Å². The zero-order valence-corrected chi connectivity index (χ0v) is 26.5. The molecule has 4 rings (SSSR count). The number of halogens is 3.